The molecule has 4 N–H and O–H groups in total. The number of nitrogen functional groups attached to an aromatic ring is 1. The molecule has 2 aromatic carbocycles. The Bertz CT molecular complexity index is 1500. The van der Waals surface area contributed by atoms with Crippen molar-refractivity contribution >= 4 is 40.9 Å². The lowest BCUT2D eigenvalue weighted by atomic mass is 9.76. The van der Waals surface area contributed by atoms with Gasteiger partial charge in [0.05, 0.1) is 11.6 Å². The van der Waals surface area contributed by atoms with Crippen LogP contribution in [-0.2, 0) is 4.79 Å². The number of aromatic nitrogens is 2. The molecule has 1 spiro atoms. The van der Waals surface area contributed by atoms with Crippen molar-refractivity contribution in [1.82, 2.24) is 15.3 Å². The summed E-state index contributed by atoms with van der Waals surface area (Å²) in [7, 11) is 0. The molecular formula is C29H30Cl2F3N5O4. The molecule has 2 atom stereocenters. The zero-order valence-corrected chi connectivity index (χ0v) is 24.6. The summed E-state index contributed by atoms with van der Waals surface area (Å²) in [5.74, 6) is -0.730. The number of benzene rings is 2. The standard InChI is InChI=1S/C29H30Cl2F3N5O4/c1-2-42-22-6-3-16(11-20(22)31)19-12-17(30)4-5-18(19)25(29(32,33)34)43-24-13-23(37-27(35)38-24)39-9-7-28(8-10-39)14-21(26(40)41)36-15-28/h3-6,11-13,21,25,36H,2,7-10,14-15H2,1H3,(H,40,41)(H2,35,37,38)/t21-,25+/m0/s1. The Morgan fingerprint density at radius 3 is 2.56 bits per heavy atom. The van der Waals surface area contributed by atoms with Crippen LogP contribution in [0.4, 0.5) is 24.9 Å². The van der Waals surface area contributed by atoms with Gasteiger partial charge in [0.25, 0.3) is 0 Å². The van der Waals surface area contributed by atoms with E-state index in [2.05, 4.69) is 15.3 Å². The van der Waals surface area contributed by atoms with E-state index in [0.717, 1.165) is 0 Å². The fourth-order valence-electron chi connectivity index (χ4n) is 5.71. The molecule has 3 aromatic rings. The number of anilines is 2. The lowest BCUT2D eigenvalue weighted by Gasteiger charge is -2.39. The number of hydrogen-bond donors (Lipinski definition) is 3. The third-order valence-electron chi connectivity index (χ3n) is 7.89. The van der Waals surface area contributed by atoms with E-state index in [4.69, 9.17) is 38.4 Å². The van der Waals surface area contributed by atoms with Crippen LogP contribution in [-0.4, -0.2) is 59.5 Å². The maximum Gasteiger partial charge on any atom is 0.429 e. The van der Waals surface area contributed by atoms with E-state index >= 15 is 0 Å². The van der Waals surface area contributed by atoms with Crippen LogP contribution in [0.3, 0.4) is 0 Å². The fourth-order valence-corrected chi connectivity index (χ4v) is 6.12. The highest BCUT2D eigenvalue weighted by atomic mass is 35.5. The molecule has 1 aromatic heterocycles. The summed E-state index contributed by atoms with van der Waals surface area (Å²) < 4.78 is 54.8. The van der Waals surface area contributed by atoms with Crippen LogP contribution in [0.1, 0.15) is 37.9 Å². The molecule has 43 heavy (non-hydrogen) atoms. The van der Waals surface area contributed by atoms with Crippen molar-refractivity contribution in [3.8, 4) is 22.8 Å². The number of alkyl halides is 3. The SMILES string of the molecule is CCOc1ccc(-c2cc(Cl)ccc2[C@@H](Oc2cc(N3CCC4(CC3)CN[C@H](C(=O)O)C4)nc(N)n2)C(F)(F)F)cc1Cl. The summed E-state index contributed by atoms with van der Waals surface area (Å²) in [6.45, 7) is 3.80. The second-order valence-corrected chi connectivity index (χ2v) is 11.6. The smallest absolute Gasteiger partial charge is 0.429 e. The number of ether oxygens (including phenoxy) is 2. The molecule has 0 aliphatic carbocycles. The average molecular weight is 640 g/mol. The molecule has 2 fully saturated rings. The largest absolute Gasteiger partial charge is 0.492 e. The van der Waals surface area contributed by atoms with Gasteiger partial charge in [-0.2, -0.15) is 23.1 Å². The number of hydrogen-bond acceptors (Lipinski definition) is 8. The molecule has 14 heteroatoms. The van der Waals surface area contributed by atoms with E-state index in [-0.39, 0.29) is 38.4 Å². The number of piperidine rings is 1. The first kappa shape index (κ1) is 31.0. The summed E-state index contributed by atoms with van der Waals surface area (Å²) in [6.07, 6.45) is -5.37. The molecule has 0 amide bonds. The Morgan fingerprint density at radius 1 is 1.19 bits per heavy atom. The second-order valence-electron chi connectivity index (χ2n) is 10.7. The van der Waals surface area contributed by atoms with Crippen LogP contribution in [0.25, 0.3) is 11.1 Å². The van der Waals surface area contributed by atoms with E-state index in [0.29, 0.717) is 62.6 Å². The van der Waals surface area contributed by atoms with Crippen molar-refractivity contribution in [3.05, 3.63) is 58.1 Å². The predicted molar refractivity (Wildman–Crippen MR) is 157 cm³/mol. The zero-order valence-electron chi connectivity index (χ0n) is 23.1. The van der Waals surface area contributed by atoms with Gasteiger partial charge in [0.2, 0.25) is 17.9 Å². The highest BCUT2D eigenvalue weighted by Crippen LogP contribution is 2.44. The third-order valence-corrected chi connectivity index (χ3v) is 8.42. The first-order chi connectivity index (χ1) is 20.4. The molecule has 230 valence electrons. The Morgan fingerprint density at radius 2 is 1.93 bits per heavy atom. The van der Waals surface area contributed by atoms with Crippen LogP contribution in [0, 0.1) is 5.41 Å². The lowest BCUT2D eigenvalue weighted by molar-refractivity contribution is -0.198. The van der Waals surface area contributed by atoms with Gasteiger partial charge in [0.1, 0.15) is 17.6 Å². The van der Waals surface area contributed by atoms with Crippen molar-refractivity contribution in [2.75, 3.05) is 36.9 Å². The van der Waals surface area contributed by atoms with Crippen LogP contribution >= 0.6 is 23.2 Å². The van der Waals surface area contributed by atoms with Crippen molar-refractivity contribution in [3.63, 3.8) is 0 Å². The highest BCUT2D eigenvalue weighted by Gasteiger charge is 2.46. The molecule has 5 rings (SSSR count). The minimum atomic E-state index is -4.84. The highest BCUT2D eigenvalue weighted by molar-refractivity contribution is 6.32. The number of nitrogens with zero attached hydrogens (tertiary/aromatic N) is 3. The van der Waals surface area contributed by atoms with E-state index in [1.165, 1.54) is 30.3 Å². The van der Waals surface area contributed by atoms with Crippen molar-refractivity contribution in [1.29, 1.82) is 0 Å². The number of carbonyl (C=O) groups is 1. The van der Waals surface area contributed by atoms with Gasteiger partial charge in [-0.3, -0.25) is 4.79 Å². The molecule has 0 bridgehead atoms. The van der Waals surface area contributed by atoms with Gasteiger partial charge in [-0.1, -0.05) is 35.3 Å². The minimum absolute atomic E-state index is 0.159. The summed E-state index contributed by atoms with van der Waals surface area (Å²) >= 11 is 12.5. The Hall–Kier alpha value is -3.48. The Kier molecular flexibility index (Phi) is 8.82. The molecular weight excluding hydrogens is 610 g/mol. The number of carboxylic acid groups (broad SMARTS) is 1. The normalized spacial score (nSPS) is 18.9. The number of nitrogens with two attached hydrogens (primary N) is 1. The van der Waals surface area contributed by atoms with Crippen LogP contribution in [0.15, 0.2) is 42.5 Å². The number of aliphatic carboxylic acids is 1. The summed E-state index contributed by atoms with van der Waals surface area (Å²) in [4.78, 5) is 21.5. The Balaban J connectivity index is 1.42. The molecule has 2 aliphatic heterocycles. The zero-order chi connectivity index (χ0) is 30.9. The van der Waals surface area contributed by atoms with Crippen molar-refractivity contribution in [2.45, 2.75) is 44.5 Å². The van der Waals surface area contributed by atoms with Crippen molar-refractivity contribution < 1.29 is 32.5 Å². The predicted octanol–water partition coefficient (Wildman–Crippen LogP) is 6.15. The number of carboxylic acids is 1. The average Bonchev–Trinajstić information content (AvgIpc) is 3.36. The van der Waals surface area contributed by atoms with E-state index < -0.39 is 24.3 Å². The molecule has 0 radical (unpaired) electrons. The van der Waals surface area contributed by atoms with Gasteiger partial charge in [-0.15, -0.1) is 0 Å². The number of halogens is 5. The molecule has 2 aliphatic rings. The summed E-state index contributed by atoms with van der Waals surface area (Å²) in [5, 5.41) is 12.9. The van der Waals surface area contributed by atoms with Crippen LogP contribution < -0.4 is 25.4 Å². The van der Waals surface area contributed by atoms with Gasteiger partial charge >= 0.3 is 12.1 Å². The van der Waals surface area contributed by atoms with Crippen molar-refractivity contribution in [2.24, 2.45) is 5.41 Å². The topological polar surface area (TPSA) is 123 Å². The number of rotatable bonds is 8. The van der Waals surface area contributed by atoms with Gasteiger partial charge < -0.3 is 30.5 Å². The van der Waals surface area contributed by atoms with Gasteiger partial charge in [-0.05, 0) is 67.0 Å². The van der Waals surface area contributed by atoms with Gasteiger partial charge in [0, 0.05) is 36.3 Å². The molecule has 3 heterocycles. The molecule has 0 saturated carbocycles. The van der Waals surface area contributed by atoms with Gasteiger partial charge in [-0.25, -0.2) is 0 Å². The fraction of sp³-hybridized carbons (Fsp3) is 0.414. The van der Waals surface area contributed by atoms with Crippen LogP contribution in [0.5, 0.6) is 11.6 Å². The maximum atomic E-state index is 14.6. The van der Waals surface area contributed by atoms with Crippen LogP contribution in [0.2, 0.25) is 10.0 Å². The van der Waals surface area contributed by atoms with E-state index in [9.17, 15) is 23.1 Å². The Labute approximate surface area is 256 Å². The molecule has 2 saturated heterocycles. The molecule has 9 nitrogen and oxygen atoms in total. The second kappa shape index (κ2) is 12.3. The lowest BCUT2D eigenvalue weighted by Crippen LogP contribution is -2.41. The van der Waals surface area contributed by atoms with E-state index in [1.807, 2.05) is 4.90 Å². The summed E-state index contributed by atoms with van der Waals surface area (Å²) in [5.41, 5.74) is 6.13. The summed E-state index contributed by atoms with van der Waals surface area (Å²) in [6, 6.07) is 9.48. The number of nitrogens with one attached hydrogen (secondary N) is 1. The van der Waals surface area contributed by atoms with E-state index in [1.54, 1.807) is 19.1 Å². The first-order valence-electron chi connectivity index (χ1n) is 13.7. The third kappa shape index (κ3) is 6.86. The van der Waals surface area contributed by atoms with Gasteiger partial charge in [0.15, 0.2) is 0 Å². The quantitative estimate of drug-likeness (QED) is 0.266. The monoisotopic (exact) mass is 639 g/mol. The molecule has 0 unspecified atom stereocenters. The first-order valence-corrected chi connectivity index (χ1v) is 14.4. The maximum absolute atomic E-state index is 14.6. The minimum Gasteiger partial charge on any atom is -0.492 e.